The third-order valence-electron chi connectivity index (χ3n) is 4.24. The highest BCUT2D eigenvalue weighted by molar-refractivity contribution is 6.40. The second-order valence-corrected chi connectivity index (χ2v) is 7.45. The fraction of sp³-hybridized carbons (Fsp3) is 0.100. The first-order valence-electron chi connectivity index (χ1n) is 8.48. The molecule has 9 heteroatoms. The fourth-order valence-electron chi connectivity index (χ4n) is 2.71. The zero-order chi connectivity index (χ0) is 20.5. The Kier molecular flexibility index (Phi) is 5.41. The van der Waals surface area contributed by atoms with Gasteiger partial charge in [0, 0.05) is 16.3 Å². The molecule has 0 amide bonds. The van der Waals surface area contributed by atoms with E-state index < -0.39 is 0 Å². The smallest absolute Gasteiger partial charge is 0.293 e. The number of hydrogen-bond donors (Lipinski definition) is 1. The van der Waals surface area contributed by atoms with Crippen LogP contribution in [0.1, 0.15) is 11.3 Å². The Bertz CT molecular complexity index is 1160. The number of anilines is 1. The average molecular weight is 451 g/mol. The number of furan rings is 1. The van der Waals surface area contributed by atoms with Crippen molar-refractivity contribution in [2.75, 3.05) is 5.73 Å². The van der Waals surface area contributed by atoms with Gasteiger partial charge in [0.05, 0.1) is 10.0 Å². The van der Waals surface area contributed by atoms with Crippen LogP contribution in [0.5, 0.6) is 5.75 Å². The van der Waals surface area contributed by atoms with E-state index >= 15 is 0 Å². The number of halogens is 3. The van der Waals surface area contributed by atoms with Crippen molar-refractivity contribution >= 4 is 40.5 Å². The zero-order valence-electron chi connectivity index (χ0n) is 15.1. The van der Waals surface area contributed by atoms with E-state index in [0.717, 1.165) is 11.1 Å². The van der Waals surface area contributed by atoms with Gasteiger partial charge >= 0.3 is 0 Å². The van der Waals surface area contributed by atoms with Crippen LogP contribution in [0.3, 0.4) is 0 Å². The van der Waals surface area contributed by atoms with Crippen LogP contribution < -0.4 is 10.5 Å². The lowest BCUT2D eigenvalue weighted by Crippen LogP contribution is -1.95. The number of nitrogens with two attached hydrogens (primary N) is 1. The van der Waals surface area contributed by atoms with E-state index in [2.05, 4.69) is 10.1 Å². The summed E-state index contributed by atoms with van der Waals surface area (Å²) in [5.74, 6) is 1.95. The summed E-state index contributed by atoms with van der Waals surface area (Å²) in [5, 5.41) is 5.07. The monoisotopic (exact) mass is 449 g/mol. The Morgan fingerprint density at radius 2 is 1.83 bits per heavy atom. The van der Waals surface area contributed by atoms with Crippen molar-refractivity contribution < 1.29 is 13.7 Å². The van der Waals surface area contributed by atoms with Gasteiger partial charge in [0.2, 0.25) is 5.82 Å². The van der Waals surface area contributed by atoms with Crippen molar-refractivity contribution in [2.24, 2.45) is 0 Å². The van der Waals surface area contributed by atoms with Gasteiger partial charge in [-0.05, 0) is 42.8 Å². The van der Waals surface area contributed by atoms with Crippen LogP contribution in [0.4, 0.5) is 5.69 Å². The molecule has 0 unspecified atom stereocenters. The molecule has 0 aliphatic heterocycles. The number of aromatic nitrogens is 2. The van der Waals surface area contributed by atoms with Gasteiger partial charge in [-0.1, -0.05) is 52.1 Å². The summed E-state index contributed by atoms with van der Waals surface area (Å²) in [6, 6.07) is 12.1. The predicted octanol–water partition coefficient (Wildman–Crippen LogP) is 6.43. The maximum Gasteiger partial charge on any atom is 0.293 e. The standard InChI is InChI=1S/C20H14Cl3N3O3/c1-10-13(3-2-4-16(10)24)19-25-20(29-26-19)17-6-5-12(28-17)9-27-18-14(22)7-11(21)8-15(18)23/h2-8H,9,24H2,1H3. The quantitative estimate of drug-likeness (QED) is 0.353. The normalized spacial score (nSPS) is 11.0. The molecule has 4 rings (SSSR count). The minimum Gasteiger partial charge on any atom is -0.483 e. The number of nitrogen functional groups attached to an aromatic ring is 1. The van der Waals surface area contributed by atoms with E-state index in [4.69, 9.17) is 54.2 Å². The van der Waals surface area contributed by atoms with E-state index in [1.165, 1.54) is 0 Å². The first-order chi connectivity index (χ1) is 13.9. The predicted molar refractivity (Wildman–Crippen MR) is 112 cm³/mol. The second kappa shape index (κ2) is 7.99. The lowest BCUT2D eigenvalue weighted by atomic mass is 10.1. The molecule has 2 aromatic heterocycles. The van der Waals surface area contributed by atoms with Crippen molar-refractivity contribution in [1.82, 2.24) is 10.1 Å². The maximum absolute atomic E-state index is 6.12. The zero-order valence-corrected chi connectivity index (χ0v) is 17.3. The van der Waals surface area contributed by atoms with Crippen LogP contribution in [-0.2, 0) is 6.61 Å². The van der Waals surface area contributed by atoms with Gasteiger partial charge in [0.1, 0.15) is 12.4 Å². The highest BCUT2D eigenvalue weighted by Crippen LogP contribution is 2.36. The largest absolute Gasteiger partial charge is 0.483 e. The summed E-state index contributed by atoms with van der Waals surface area (Å²) in [6.45, 7) is 2.01. The van der Waals surface area contributed by atoms with Gasteiger partial charge in [0.25, 0.3) is 5.89 Å². The van der Waals surface area contributed by atoms with Gasteiger partial charge in [-0.25, -0.2) is 0 Å². The topological polar surface area (TPSA) is 87.3 Å². The van der Waals surface area contributed by atoms with Gasteiger partial charge in [-0.15, -0.1) is 0 Å². The van der Waals surface area contributed by atoms with E-state index in [1.807, 2.05) is 25.1 Å². The summed E-state index contributed by atoms with van der Waals surface area (Å²) >= 11 is 18.1. The fourth-order valence-corrected chi connectivity index (χ4v) is 3.64. The minimum atomic E-state index is 0.108. The Morgan fingerprint density at radius 3 is 2.59 bits per heavy atom. The van der Waals surface area contributed by atoms with E-state index in [9.17, 15) is 0 Å². The molecular formula is C20H14Cl3N3O3. The molecule has 0 aliphatic carbocycles. The summed E-state index contributed by atoms with van der Waals surface area (Å²) in [5.41, 5.74) is 8.28. The highest BCUT2D eigenvalue weighted by atomic mass is 35.5. The third kappa shape index (κ3) is 4.05. The highest BCUT2D eigenvalue weighted by Gasteiger charge is 2.17. The lowest BCUT2D eigenvalue weighted by Gasteiger charge is -2.08. The molecule has 0 atom stereocenters. The van der Waals surface area contributed by atoms with Crippen molar-refractivity contribution in [3.05, 3.63) is 68.9 Å². The van der Waals surface area contributed by atoms with Crippen molar-refractivity contribution in [3.8, 4) is 28.8 Å². The third-order valence-corrected chi connectivity index (χ3v) is 5.02. The Morgan fingerprint density at radius 1 is 1.07 bits per heavy atom. The summed E-state index contributed by atoms with van der Waals surface area (Å²) in [6.07, 6.45) is 0. The van der Waals surface area contributed by atoms with Crippen LogP contribution >= 0.6 is 34.8 Å². The molecule has 148 valence electrons. The van der Waals surface area contributed by atoms with Crippen molar-refractivity contribution in [3.63, 3.8) is 0 Å². The summed E-state index contributed by atoms with van der Waals surface area (Å²) in [4.78, 5) is 4.40. The molecule has 0 aliphatic rings. The van der Waals surface area contributed by atoms with Gasteiger partial charge in [0.15, 0.2) is 11.5 Å². The molecule has 0 saturated heterocycles. The van der Waals surface area contributed by atoms with Crippen molar-refractivity contribution in [1.29, 1.82) is 0 Å². The van der Waals surface area contributed by atoms with Crippen LogP contribution in [0, 0.1) is 6.92 Å². The molecule has 4 aromatic rings. The Hall–Kier alpha value is -2.67. The lowest BCUT2D eigenvalue weighted by molar-refractivity contribution is 0.270. The summed E-state index contributed by atoms with van der Waals surface area (Å²) < 4.78 is 16.7. The number of rotatable bonds is 5. The number of benzene rings is 2. The second-order valence-electron chi connectivity index (χ2n) is 6.20. The molecule has 0 radical (unpaired) electrons. The molecule has 0 fully saturated rings. The molecule has 2 N–H and O–H groups in total. The van der Waals surface area contributed by atoms with Gasteiger partial charge in [-0.3, -0.25) is 0 Å². The van der Waals surface area contributed by atoms with Gasteiger partial charge < -0.3 is 19.4 Å². The first kappa shape index (κ1) is 19.6. The Balaban J connectivity index is 1.52. The van der Waals surface area contributed by atoms with E-state index in [0.29, 0.717) is 43.8 Å². The molecule has 0 saturated carbocycles. The van der Waals surface area contributed by atoms with Crippen LogP contribution in [0.2, 0.25) is 15.1 Å². The van der Waals surface area contributed by atoms with Crippen LogP contribution in [-0.4, -0.2) is 10.1 Å². The molecule has 0 bridgehead atoms. The molecule has 29 heavy (non-hydrogen) atoms. The number of hydrogen-bond acceptors (Lipinski definition) is 6. The van der Waals surface area contributed by atoms with E-state index in [1.54, 1.807) is 24.3 Å². The molecule has 2 heterocycles. The summed E-state index contributed by atoms with van der Waals surface area (Å²) in [7, 11) is 0. The van der Waals surface area contributed by atoms with E-state index in [-0.39, 0.29) is 12.5 Å². The van der Waals surface area contributed by atoms with Crippen LogP contribution in [0.15, 0.2) is 51.4 Å². The minimum absolute atomic E-state index is 0.108. The SMILES string of the molecule is Cc1c(N)cccc1-c1noc(-c2ccc(COc3c(Cl)cc(Cl)cc3Cl)o2)n1. The molecule has 0 spiro atoms. The first-order valence-corrected chi connectivity index (χ1v) is 9.61. The molecule has 2 aromatic carbocycles. The number of nitrogens with zero attached hydrogens (tertiary/aromatic N) is 2. The molecule has 6 nitrogen and oxygen atoms in total. The Labute approximate surface area is 181 Å². The van der Waals surface area contributed by atoms with Crippen molar-refractivity contribution in [2.45, 2.75) is 13.5 Å². The van der Waals surface area contributed by atoms with Crippen LogP contribution in [0.25, 0.3) is 23.0 Å². The maximum atomic E-state index is 6.12. The number of ether oxygens (including phenoxy) is 1. The van der Waals surface area contributed by atoms with Gasteiger partial charge in [-0.2, -0.15) is 4.98 Å². The average Bonchev–Trinajstić information content (AvgIpc) is 3.32. The molecular weight excluding hydrogens is 437 g/mol.